The summed E-state index contributed by atoms with van der Waals surface area (Å²) in [5.74, 6) is 4.48. The number of nitrogens with two attached hydrogens (primary N) is 1. The molecule has 0 aliphatic heterocycles. The van der Waals surface area contributed by atoms with Crippen LogP contribution in [-0.4, -0.2) is 19.5 Å². The molecule has 0 saturated heterocycles. The summed E-state index contributed by atoms with van der Waals surface area (Å²) in [6.07, 6.45) is 0. The van der Waals surface area contributed by atoms with Crippen LogP contribution in [0.2, 0.25) is 0 Å². The summed E-state index contributed by atoms with van der Waals surface area (Å²) in [7, 11) is 1.61. The zero-order chi connectivity index (χ0) is 15.2. The van der Waals surface area contributed by atoms with E-state index < -0.39 is 11.7 Å². The van der Waals surface area contributed by atoms with Gasteiger partial charge in [0, 0.05) is 18.3 Å². The van der Waals surface area contributed by atoms with Gasteiger partial charge in [0.25, 0.3) is 5.91 Å². The van der Waals surface area contributed by atoms with E-state index in [1.807, 2.05) is 18.2 Å². The number of carbonyl (C=O) groups is 1. The molecule has 0 spiro atoms. The number of hydrogen-bond acceptors (Lipinski definition) is 2. The van der Waals surface area contributed by atoms with Gasteiger partial charge in [-0.2, -0.15) is 0 Å². The van der Waals surface area contributed by atoms with Gasteiger partial charge in [-0.1, -0.05) is 30.0 Å². The van der Waals surface area contributed by atoms with Crippen LogP contribution in [0, 0.1) is 17.7 Å². The fraction of sp³-hybridized carbons (Fsp3) is 0.118. The van der Waals surface area contributed by atoms with Crippen molar-refractivity contribution in [2.45, 2.75) is 0 Å². The van der Waals surface area contributed by atoms with Crippen LogP contribution < -0.4 is 10.6 Å². The van der Waals surface area contributed by atoms with Crippen LogP contribution in [0.5, 0.6) is 0 Å². The third-order valence-corrected chi connectivity index (χ3v) is 2.98. The Balaban J connectivity index is 2.34. The maximum atomic E-state index is 13.9. The molecule has 106 valence electrons. The highest BCUT2D eigenvalue weighted by atomic mass is 19.1. The number of anilines is 1. The molecule has 0 atom stereocenters. The molecule has 2 aromatic rings. The average molecular weight is 282 g/mol. The van der Waals surface area contributed by atoms with Crippen molar-refractivity contribution in [3.63, 3.8) is 0 Å². The molecule has 2 N–H and O–H groups in total. The van der Waals surface area contributed by atoms with Gasteiger partial charge in [0.15, 0.2) is 0 Å². The molecule has 0 aliphatic rings. The van der Waals surface area contributed by atoms with E-state index in [9.17, 15) is 9.18 Å². The lowest BCUT2D eigenvalue weighted by Crippen LogP contribution is -2.27. The Bertz CT molecular complexity index is 702. The first kappa shape index (κ1) is 14.8. The maximum absolute atomic E-state index is 13.9. The molecule has 4 heteroatoms. The van der Waals surface area contributed by atoms with Crippen molar-refractivity contribution < 1.29 is 9.18 Å². The van der Waals surface area contributed by atoms with E-state index in [4.69, 9.17) is 5.73 Å². The molecule has 0 radical (unpaired) electrons. The van der Waals surface area contributed by atoms with Gasteiger partial charge in [-0.05, 0) is 30.3 Å². The topological polar surface area (TPSA) is 46.3 Å². The van der Waals surface area contributed by atoms with Crippen molar-refractivity contribution in [3.8, 4) is 11.8 Å². The van der Waals surface area contributed by atoms with Gasteiger partial charge < -0.3 is 10.6 Å². The zero-order valence-electron chi connectivity index (χ0n) is 11.6. The van der Waals surface area contributed by atoms with E-state index >= 15 is 0 Å². The van der Waals surface area contributed by atoms with Gasteiger partial charge >= 0.3 is 0 Å². The number of amides is 1. The van der Waals surface area contributed by atoms with E-state index in [0.29, 0.717) is 11.3 Å². The lowest BCUT2D eigenvalue weighted by Gasteiger charge is -2.17. The summed E-state index contributed by atoms with van der Waals surface area (Å²) in [4.78, 5) is 13.8. The van der Waals surface area contributed by atoms with Crippen LogP contribution in [0.15, 0.2) is 48.5 Å². The minimum Gasteiger partial charge on any atom is -0.320 e. The highest BCUT2D eigenvalue weighted by molar-refractivity contribution is 6.06. The zero-order valence-corrected chi connectivity index (χ0v) is 11.6. The lowest BCUT2D eigenvalue weighted by molar-refractivity contribution is 0.0989. The molecule has 0 bridgehead atoms. The van der Waals surface area contributed by atoms with Gasteiger partial charge in [0.05, 0.1) is 12.1 Å². The number of para-hydroxylation sites is 1. The van der Waals surface area contributed by atoms with E-state index in [1.165, 1.54) is 23.1 Å². The van der Waals surface area contributed by atoms with Crippen LogP contribution in [0.4, 0.5) is 10.1 Å². The predicted molar refractivity (Wildman–Crippen MR) is 81.5 cm³/mol. The van der Waals surface area contributed by atoms with Crippen molar-refractivity contribution in [3.05, 3.63) is 65.5 Å². The first-order chi connectivity index (χ1) is 10.1. The Kier molecular flexibility index (Phi) is 4.70. The predicted octanol–water partition coefficient (Wildman–Crippen LogP) is 2.41. The minimum absolute atomic E-state index is 0.00910. The molecule has 2 aromatic carbocycles. The number of rotatable bonds is 2. The molecule has 1 amide bonds. The SMILES string of the molecule is CN(C(=O)c1cc(C#CCN)ccc1F)c1ccccc1. The summed E-state index contributed by atoms with van der Waals surface area (Å²) < 4.78 is 13.9. The molecule has 0 aromatic heterocycles. The summed E-state index contributed by atoms with van der Waals surface area (Å²) in [5, 5.41) is 0. The average Bonchev–Trinajstić information content (AvgIpc) is 2.53. The molecule has 0 unspecified atom stereocenters. The second kappa shape index (κ2) is 6.69. The van der Waals surface area contributed by atoms with Crippen LogP contribution in [0.25, 0.3) is 0 Å². The van der Waals surface area contributed by atoms with Crippen molar-refractivity contribution in [2.75, 3.05) is 18.5 Å². The monoisotopic (exact) mass is 282 g/mol. The number of carbonyl (C=O) groups excluding carboxylic acids is 1. The molecule has 0 heterocycles. The second-order valence-electron chi connectivity index (χ2n) is 4.40. The molecule has 0 saturated carbocycles. The van der Waals surface area contributed by atoms with Gasteiger partial charge in [0.2, 0.25) is 0 Å². The van der Waals surface area contributed by atoms with Gasteiger partial charge in [-0.15, -0.1) is 0 Å². The summed E-state index contributed by atoms with van der Waals surface area (Å²) >= 11 is 0. The number of benzene rings is 2. The van der Waals surface area contributed by atoms with Gasteiger partial charge in [-0.25, -0.2) is 4.39 Å². The van der Waals surface area contributed by atoms with Crippen LogP contribution in [0.1, 0.15) is 15.9 Å². The summed E-state index contributed by atoms with van der Waals surface area (Å²) in [6, 6.07) is 13.3. The first-order valence-corrected chi connectivity index (χ1v) is 6.45. The van der Waals surface area contributed by atoms with Crippen molar-refractivity contribution >= 4 is 11.6 Å². The Morgan fingerprint density at radius 3 is 2.62 bits per heavy atom. The first-order valence-electron chi connectivity index (χ1n) is 6.45. The molecule has 2 rings (SSSR count). The van der Waals surface area contributed by atoms with E-state index in [2.05, 4.69) is 11.8 Å². The molecule has 0 fully saturated rings. The van der Waals surface area contributed by atoms with Crippen molar-refractivity contribution in [2.24, 2.45) is 5.73 Å². The molecular formula is C17H15FN2O. The Morgan fingerprint density at radius 2 is 1.95 bits per heavy atom. The van der Waals surface area contributed by atoms with Crippen LogP contribution >= 0.6 is 0 Å². The van der Waals surface area contributed by atoms with E-state index in [1.54, 1.807) is 19.2 Å². The quantitative estimate of drug-likeness (QED) is 0.860. The van der Waals surface area contributed by atoms with Gasteiger partial charge in [0.1, 0.15) is 5.82 Å². The summed E-state index contributed by atoms with van der Waals surface area (Å²) in [6.45, 7) is 0.213. The van der Waals surface area contributed by atoms with Crippen molar-refractivity contribution in [1.82, 2.24) is 0 Å². The molecule has 21 heavy (non-hydrogen) atoms. The van der Waals surface area contributed by atoms with Crippen molar-refractivity contribution in [1.29, 1.82) is 0 Å². The highest BCUT2D eigenvalue weighted by Crippen LogP contribution is 2.17. The number of hydrogen-bond donors (Lipinski definition) is 1. The largest absolute Gasteiger partial charge is 0.320 e. The Labute approximate surface area is 123 Å². The van der Waals surface area contributed by atoms with Crippen LogP contribution in [-0.2, 0) is 0 Å². The normalized spacial score (nSPS) is 9.67. The van der Waals surface area contributed by atoms with E-state index in [0.717, 1.165) is 0 Å². The summed E-state index contributed by atoms with van der Waals surface area (Å²) in [5.41, 5.74) is 6.55. The van der Waals surface area contributed by atoms with Gasteiger partial charge in [-0.3, -0.25) is 4.79 Å². The minimum atomic E-state index is -0.568. The van der Waals surface area contributed by atoms with Crippen LogP contribution in [0.3, 0.4) is 0 Å². The third-order valence-electron chi connectivity index (χ3n) is 2.98. The second-order valence-corrected chi connectivity index (χ2v) is 4.40. The number of nitrogens with zero attached hydrogens (tertiary/aromatic N) is 1. The molecule has 0 aliphatic carbocycles. The Hall–Kier alpha value is -2.64. The fourth-order valence-electron chi connectivity index (χ4n) is 1.87. The fourth-order valence-corrected chi connectivity index (χ4v) is 1.87. The molecule has 3 nitrogen and oxygen atoms in total. The maximum Gasteiger partial charge on any atom is 0.261 e. The van der Waals surface area contributed by atoms with E-state index in [-0.39, 0.29) is 12.1 Å². The number of halogens is 1. The smallest absolute Gasteiger partial charge is 0.261 e. The molecular weight excluding hydrogens is 267 g/mol. The highest BCUT2D eigenvalue weighted by Gasteiger charge is 2.17. The third kappa shape index (κ3) is 3.47. The lowest BCUT2D eigenvalue weighted by atomic mass is 10.1. The standard InChI is InChI=1S/C17H15FN2O/c1-20(14-7-3-2-4-8-14)17(21)15-12-13(6-5-11-19)9-10-16(15)18/h2-4,7-10,12H,11,19H2,1H3. The Morgan fingerprint density at radius 1 is 1.24 bits per heavy atom.